The van der Waals surface area contributed by atoms with Gasteiger partial charge in [0, 0.05) is 16.2 Å². The predicted octanol–water partition coefficient (Wildman–Crippen LogP) is 3.48. The largest absolute Gasteiger partial charge is 0.497 e. The standard InChI is InChI=1S/C16H14BrNO4/c1-20-11-4-2-3-10(7-11)18-16(19)12-8-14-15(9-13(12)17)22-6-5-21-14/h2-4,7-9H,5-6H2,1H3,(H,18,19). The van der Waals surface area contributed by atoms with E-state index < -0.39 is 0 Å². The van der Waals surface area contributed by atoms with Crippen LogP contribution in [0.15, 0.2) is 40.9 Å². The number of carbonyl (C=O) groups is 1. The summed E-state index contributed by atoms with van der Waals surface area (Å²) in [7, 11) is 1.58. The number of amides is 1. The van der Waals surface area contributed by atoms with Gasteiger partial charge in [-0.1, -0.05) is 6.07 Å². The Labute approximate surface area is 136 Å². The number of hydrogen-bond donors (Lipinski definition) is 1. The van der Waals surface area contributed by atoms with Crippen molar-refractivity contribution < 1.29 is 19.0 Å². The minimum atomic E-state index is -0.239. The van der Waals surface area contributed by atoms with Crippen LogP contribution in [-0.2, 0) is 0 Å². The highest BCUT2D eigenvalue weighted by Crippen LogP contribution is 2.35. The summed E-state index contributed by atoms with van der Waals surface area (Å²) in [6.07, 6.45) is 0. The maximum absolute atomic E-state index is 12.4. The van der Waals surface area contributed by atoms with Crippen molar-refractivity contribution in [3.63, 3.8) is 0 Å². The molecular formula is C16H14BrNO4. The minimum Gasteiger partial charge on any atom is -0.497 e. The molecule has 0 aliphatic carbocycles. The van der Waals surface area contributed by atoms with Crippen molar-refractivity contribution >= 4 is 27.5 Å². The van der Waals surface area contributed by atoms with E-state index in [1.807, 2.05) is 12.1 Å². The van der Waals surface area contributed by atoms with Gasteiger partial charge < -0.3 is 19.5 Å². The lowest BCUT2D eigenvalue weighted by Gasteiger charge is -2.19. The third kappa shape index (κ3) is 3.01. The van der Waals surface area contributed by atoms with Gasteiger partial charge in [-0.05, 0) is 40.2 Å². The number of anilines is 1. The van der Waals surface area contributed by atoms with E-state index in [2.05, 4.69) is 21.2 Å². The van der Waals surface area contributed by atoms with E-state index in [9.17, 15) is 4.79 Å². The summed E-state index contributed by atoms with van der Waals surface area (Å²) >= 11 is 3.40. The molecule has 0 saturated carbocycles. The van der Waals surface area contributed by atoms with Crippen LogP contribution >= 0.6 is 15.9 Å². The maximum atomic E-state index is 12.4. The first-order chi connectivity index (χ1) is 10.7. The zero-order valence-corrected chi connectivity index (χ0v) is 13.5. The van der Waals surface area contributed by atoms with E-state index in [4.69, 9.17) is 14.2 Å². The number of methoxy groups -OCH3 is 1. The summed E-state index contributed by atoms with van der Waals surface area (Å²) in [5, 5.41) is 2.84. The average Bonchev–Trinajstić information content (AvgIpc) is 2.54. The zero-order chi connectivity index (χ0) is 15.5. The lowest BCUT2D eigenvalue weighted by Crippen LogP contribution is -2.17. The number of fused-ring (bicyclic) bond motifs is 1. The Kier molecular flexibility index (Phi) is 4.20. The quantitative estimate of drug-likeness (QED) is 0.906. The molecule has 0 radical (unpaired) electrons. The molecule has 5 nitrogen and oxygen atoms in total. The van der Waals surface area contributed by atoms with Gasteiger partial charge in [0.05, 0.1) is 12.7 Å². The third-order valence-electron chi connectivity index (χ3n) is 3.20. The molecule has 0 saturated heterocycles. The molecule has 1 amide bonds. The lowest BCUT2D eigenvalue weighted by molar-refractivity contribution is 0.102. The molecule has 0 spiro atoms. The summed E-state index contributed by atoms with van der Waals surface area (Å²) in [6.45, 7) is 0.986. The molecule has 1 aliphatic rings. The van der Waals surface area contributed by atoms with Gasteiger partial charge in [0.15, 0.2) is 11.5 Å². The smallest absolute Gasteiger partial charge is 0.256 e. The molecule has 1 aliphatic heterocycles. The summed E-state index contributed by atoms with van der Waals surface area (Å²) < 4.78 is 16.8. The van der Waals surface area contributed by atoms with Gasteiger partial charge in [0.2, 0.25) is 0 Å². The number of halogens is 1. The Hall–Kier alpha value is -2.21. The average molecular weight is 364 g/mol. The monoisotopic (exact) mass is 363 g/mol. The molecule has 2 aromatic rings. The van der Waals surface area contributed by atoms with E-state index in [1.54, 1.807) is 31.4 Å². The molecule has 1 N–H and O–H groups in total. The summed E-state index contributed by atoms with van der Waals surface area (Å²) in [4.78, 5) is 12.4. The Morgan fingerprint density at radius 2 is 1.91 bits per heavy atom. The molecule has 0 aromatic heterocycles. The van der Waals surface area contributed by atoms with E-state index in [0.29, 0.717) is 46.2 Å². The van der Waals surface area contributed by atoms with Gasteiger partial charge >= 0.3 is 0 Å². The molecule has 0 fully saturated rings. The fraction of sp³-hybridized carbons (Fsp3) is 0.188. The molecule has 0 bridgehead atoms. The Balaban J connectivity index is 1.85. The van der Waals surface area contributed by atoms with Crippen LogP contribution in [0, 0.1) is 0 Å². The van der Waals surface area contributed by atoms with Gasteiger partial charge in [-0.2, -0.15) is 0 Å². The molecule has 22 heavy (non-hydrogen) atoms. The fourth-order valence-electron chi connectivity index (χ4n) is 2.14. The molecule has 114 valence electrons. The third-order valence-corrected chi connectivity index (χ3v) is 3.86. The van der Waals surface area contributed by atoms with E-state index in [-0.39, 0.29) is 5.91 Å². The van der Waals surface area contributed by atoms with Gasteiger partial charge in [0.1, 0.15) is 19.0 Å². The number of nitrogens with one attached hydrogen (secondary N) is 1. The minimum absolute atomic E-state index is 0.239. The Morgan fingerprint density at radius 1 is 1.18 bits per heavy atom. The van der Waals surface area contributed by atoms with Crippen molar-refractivity contribution in [2.24, 2.45) is 0 Å². The SMILES string of the molecule is COc1cccc(NC(=O)c2cc3c(cc2Br)OCCO3)c1. The van der Waals surface area contributed by atoms with Crippen LogP contribution in [-0.4, -0.2) is 26.2 Å². The molecule has 3 rings (SSSR count). The number of hydrogen-bond acceptors (Lipinski definition) is 4. The van der Waals surface area contributed by atoms with Crippen LogP contribution in [0.5, 0.6) is 17.2 Å². The highest BCUT2D eigenvalue weighted by molar-refractivity contribution is 9.10. The van der Waals surface area contributed by atoms with Gasteiger partial charge in [-0.3, -0.25) is 4.79 Å². The molecular weight excluding hydrogens is 350 g/mol. The Morgan fingerprint density at radius 3 is 2.64 bits per heavy atom. The second kappa shape index (κ2) is 6.27. The normalized spacial score (nSPS) is 12.6. The van der Waals surface area contributed by atoms with Gasteiger partial charge in [-0.15, -0.1) is 0 Å². The first kappa shape index (κ1) is 14.7. The second-order valence-corrected chi connectivity index (χ2v) is 5.52. The van der Waals surface area contributed by atoms with Crippen molar-refractivity contribution in [1.29, 1.82) is 0 Å². The number of carbonyl (C=O) groups excluding carboxylic acids is 1. The van der Waals surface area contributed by atoms with Crippen LogP contribution in [0.1, 0.15) is 10.4 Å². The summed E-state index contributed by atoms with van der Waals surface area (Å²) in [5.41, 5.74) is 1.14. The maximum Gasteiger partial charge on any atom is 0.256 e. The summed E-state index contributed by atoms with van der Waals surface area (Å²) in [5.74, 6) is 1.65. The van der Waals surface area contributed by atoms with Crippen molar-refractivity contribution in [1.82, 2.24) is 0 Å². The van der Waals surface area contributed by atoms with E-state index in [0.717, 1.165) is 0 Å². The number of rotatable bonds is 3. The molecule has 0 atom stereocenters. The predicted molar refractivity (Wildman–Crippen MR) is 86.1 cm³/mol. The summed E-state index contributed by atoms with van der Waals surface area (Å²) in [6, 6.07) is 10.6. The van der Waals surface area contributed by atoms with Gasteiger partial charge in [0.25, 0.3) is 5.91 Å². The van der Waals surface area contributed by atoms with Crippen molar-refractivity contribution in [3.05, 3.63) is 46.4 Å². The van der Waals surface area contributed by atoms with Crippen LogP contribution in [0.4, 0.5) is 5.69 Å². The van der Waals surface area contributed by atoms with Crippen molar-refractivity contribution in [2.75, 3.05) is 25.6 Å². The molecule has 1 heterocycles. The first-order valence-corrected chi connectivity index (χ1v) is 7.51. The second-order valence-electron chi connectivity index (χ2n) is 4.66. The molecule has 0 unspecified atom stereocenters. The molecule has 2 aromatic carbocycles. The zero-order valence-electron chi connectivity index (χ0n) is 11.9. The number of benzene rings is 2. The first-order valence-electron chi connectivity index (χ1n) is 6.72. The van der Waals surface area contributed by atoms with E-state index >= 15 is 0 Å². The van der Waals surface area contributed by atoms with Gasteiger partial charge in [-0.25, -0.2) is 0 Å². The topological polar surface area (TPSA) is 56.8 Å². The lowest BCUT2D eigenvalue weighted by atomic mass is 10.1. The van der Waals surface area contributed by atoms with Crippen LogP contribution in [0.2, 0.25) is 0 Å². The van der Waals surface area contributed by atoms with Crippen molar-refractivity contribution in [3.8, 4) is 17.2 Å². The Bertz CT molecular complexity index is 717. The van der Waals surface area contributed by atoms with Crippen LogP contribution < -0.4 is 19.5 Å². The molecule has 6 heteroatoms. The van der Waals surface area contributed by atoms with Crippen LogP contribution in [0.3, 0.4) is 0 Å². The van der Waals surface area contributed by atoms with E-state index in [1.165, 1.54) is 0 Å². The fourth-order valence-corrected chi connectivity index (χ4v) is 2.64. The number of ether oxygens (including phenoxy) is 3. The van der Waals surface area contributed by atoms with Crippen LogP contribution in [0.25, 0.3) is 0 Å². The van der Waals surface area contributed by atoms with Crippen molar-refractivity contribution in [2.45, 2.75) is 0 Å². The highest BCUT2D eigenvalue weighted by atomic mass is 79.9. The highest BCUT2D eigenvalue weighted by Gasteiger charge is 2.19.